The number of carbonyl (C=O) groups is 1. The molecule has 1 aliphatic heterocycles. The molecule has 0 radical (unpaired) electrons. The molecule has 2 spiro atoms. The highest BCUT2D eigenvalue weighted by Gasteiger charge is 2.79. The summed E-state index contributed by atoms with van der Waals surface area (Å²) in [5.74, 6) is -0.234. The van der Waals surface area contributed by atoms with Crippen LogP contribution in [0.3, 0.4) is 0 Å². The molecule has 4 aliphatic carbocycles. The van der Waals surface area contributed by atoms with Gasteiger partial charge >= 0.3 is 0 Å². The number of benzene rings is 1. The maximum atomic E-state index is 13.1. The van der Waals surface area contributed by atoms with Crippen LogP contribution in [0.25, 0.3) is 0 Å². The van der Waals surface area contributed by atoms with Crippen LogP contribution in [0.5, 0.6) is 0 Å². The summed E-state index contributed by atoms with van der Waals surface area (Å²) < 4.78 is 5.41. The minimum absolute atomic E-state index is 0.0366. The smallest absolute Gasteiger partial charge is 0.145 e. The molecule has 58 heavy (non-hydrogen) atoms. The standard InChI is InChI=1S/C49H70N2O7/c1-33(38-14-13-34(2)43(55)51-45(4,23-26-58-6)29-37-11-8-10-36(27-37)28-38)9-7-12-41(32-54)46-18-20-48-40(17-25-52)16-15-39(42(48)35(3)31-53)30-47(57,22-24-50-5)49(48,21-19-46)44(46)56/h7-13,15-16,27,31,38-40,43-44,50-52,54-57H,1,14,17-26,28-30,32H2,2-6H3. The fourth-order valence-electron chi connectivity index (χ4n) is 12.6. The van der Waals surface area contributed by atoms with E-state index in [1.165, 1.54) is 11.1 Å². The second-order valence-corrected chi connectivity index (χ2v) is 18.6. The van der Waals surface area contributed by atoms with Crippen LogP contribution in [0, 0.1) is 34.0 Å². The Balaban J connectivity index is 1.33. The summed E-state index contributed by atoms with van der Waals surface area (Å²) in [5.41, 5.74) is 2.52. The molecule has 10 unspecified atom stereocenters. The number of ether oxygens (including phenoxy) is 1. The van der Waals surface area contributed by atoms with E-state index >= 15 is 0 Å². The summed E-state index contributed by atoms with van der Waals surface area (Å²) in [5, 5.41) is 65.6. The first-order chi connectivity index (χ1) is 27.7. The first-order valence-corrected chi connectivity index (χ1v) is 21.6. The summed E-state index contributed by atoms with van der Waals surface area (Å²) in [6.07, 6.45) is 18.1. The number of rotatable bonds is 14. The van der Waals surface area contributed by atoms with Crippen molar-refractivity contribution in [3.8, 4) is 0 Å². The van der Waals surface area contributed by atoms with Crippen molar-refractivity contribution in [2.75, 3.05) is 40.5 Å². The molecule has 6 rings (SSSR count). The summed E-state index contributed by atoms with van der Waals surface area (Å²) in [6.45, 7) is 11.4. The number of allylic oxidation sites excluding steroid dienone is 9. The maximum Gasteiger partial charge on any atom is 0.145 e. The highest BCUT2D eigenvalue weighted by Crippen LogP contribution is 2.80. The molecule has 1 aromatic carbocycles. The molecule has 1 heterocycles. The number of fused-ring (bicyclic) bond motifs is 4. The topological polar surface area (TPSA) is 152 Å². The van der Waals surface area contributed by atoms with Crippen molar-refractivity contribution in [2.24, 2.45) is 34.0 Å². The highest BCUT2D eigenvalue weighted by molar-refractivity contribution is 5.75. The molecule has 3 fully saturated rings. The van der Waals surface area contributed by atoms with Crippen molar-refractivity contribution < 1.29 is 35.1 Å². The predicted molar refractivity (Wildman–Crippen MR) is 230 cm³/mol. The van der Waals surface area contributed by atoms with E-state index in [0.29, 0.717) is 70.1 Å². The molecular formula is C49H70N2O7. The van der Waals surface area contributed by atoms with Crippen molar-refractivity contribution in [3.63, 3.8) is 0 Å². The van der Waals surface area contributed by atoms with E-state index in [1.807, 2.05) is 39.1 Å². The predicted octanol–water partition coefficient (Wildman–Crippen LogP) is 5.82. The number of aldehydes is 1. The lowest BCUT2D eigenvalue weighted by Crippen LogP contribution is -2.73. The second kappa shape index (κ2) is 17.9. The van der Waals surface area contributed by atoms with Crippen molar-refractivity contribution >= 4 is 6.29 Å². The molecule has 3 saturated carbocycles. The van der Waals surface area contributed by atoms with Crippen LogP contribution in [-0.2, 0) is 22.4 Å². The Hall–Kier alpha value is -2.99. The summed E-state index contributed by atoms with van der Waals surface area (Å²) in [6, 6.07) is 8.66. The third kappa shape index (κ3) is 7.64. The average Bonchev–Trinajstić information content (AvgIpc) is 3.41. The zero-order valence-electron chi connectivity index (χ0n) is 35.6. The van der Waals surface area contributed by atoms with Crippen LogP contribution in [0.15, 0.2) is 95.2 Å². The Labute approximate surface area is 346 Å². The van der Waals surface area contributed by atoms with Gasteiger partial charge in [0, 0.05) is 48.0 Å². The Kier molecular flexibility index (Phi) is 13.8. The maximum absolute atomic E-state index is 13.1. The van der Waals surface area contributed by atoms with E-state index in [2.05, 4.69) is 66.6 Å². The summed E-state index contributed by atoms with van der Waals surface area (Å²) in [7, 11) is 3.57. The number of hydrogen-bond donors (Lipinski definition) is 7. The Morgan fingerprint density at radius 3 is 2.57 bits per heavy atom. The monoisotopic (exact) mass is 799 g/mol. The van der Waals surface area contributed by atoms with E-state index in [0.717, 1.165) is 47.8 Å². The van der Waals surface area contributed by atoms with Crippen LogP contribution in [-0.4, -0.2) is 95.8 Å². The number of hydrogen-bond acceptors (Lipinski definition) is 9. The first kappa shape index (κ1) is 44.6. The molecule has 0 saturated heterocycles. The zero-order chi connectivity index (χ0) is 41.9. The van der Waals surface area contributed by atoms with Crippen molar-refractivity contribution in [1.29, 1.82) is 0 Å². The number of methoxy groups -OCH3 is 1. The van der Waals surface area contributed by atoms with Crippen LogP contribution in [0.4, 0.5) is 0 Å². The van der Waals surface area contributed by atoms with Gasteiger partial charge in [0.15, 0.2) is 0 Å². The fourth-order valence-corrected chi connectivity index (χ4v) is 12.6. The van der Waals surface area contributed by atoms with Gasteiger partial charge in [-0.15, -0.1) is 0 Å². The Morgan fingerprint density at radius 2 is 1.86 bits per heavy atom. The number of aliphatic hydroxyl groups excluding tert-OH is 4. The van der Waals surface area contributed by atoms with E-state index in [4.69, 9.17) is 4.74 Å². The lowest BCUT2D eigenvalue weighted by Gasteiger charge is -2.71. The van der Waals surface area contributed by atoms with Gasteiger partial charge < -0.3 is 35.6 Å². The molecule has 0 amide bonds. The van der Waals surface area contributed by atoms with Gasteiger partial charge in [0.25, 0.3) is 0 Å². The highest BCUT2D eigenvalue weighted by atomic mass is 16.5. The van der Waals surface area contributed by atoms with Gasteiger partial charge in [-0.3, -0.25) is 10.1 Å². The third-order valence-corrected chi connectivity index (χ3v) is 15.5. The van der Waals surface area contributed by atoms with Gasteiger partial charge in [-0.25, -0.2) is 0 Å². The van der Waals surface area contributed by atoms with Crippen molar-refractivity contribution in [2.45, 2.75) is 115 Å². The van der Waals surface area contributed by atoms with E-state index in [1.54, 1.807) is 7.11 Å². The lowest BCUT2D eigenvalue weighted by molar-refractivity contribution is -0.256. The van der Waals surface area contributed by atoms with Gasteiger partial charge in [0.1, 0.15) is 12.5 Å². The second-order valence-electron chi connectivity index (χ2n) is 18.6. The molecule has 1 aromatic rings. The van der Waals surface area contributed by atoms with Crippen LogP contribution < -0.4 is 10.6 Å². The molecule has 7 N–H and O–H groups in total. The largest absolute Gasteiger partial charge is 0.396 e. The van der Waals surface area contributed by atoms with Crippen molar-refractivity contribution in [1.82, 2.24) is 10.6 Å². The van der Waals surface area contributed by atoms with E-state index in [-0.39, 0.29) is 36.5 Å². The van der Waals surface area contributed by atoms with Gasteiger partial charge in [0.05, 0.1) is 18.3 Å². The molecule has 9 nitrogen and oxygen atoms in total. The average molecular weight is 799 g/mol. The van der Waals surface area contributed by atoms with Gasteiger partial charge in [-0.05, 0) is 150 Å². The molecular weight excluding hydrogens is 729 g/mol. The molecule has 5 aliphatic rings. The Bertz CT molecular complexity index is 1830. The zero-order valence-corrected chi connectivity index (χ0v) is 35.6. The van der Waals surface area contributed by atoms with E-state index < -0.39 is 34.2 Å². The van der Waals surface area contributed by atoms with Crippen LogP contribution >= 0.6 is 0 Å². The van der Waals surface area contributed by atoms with Gasteiger partial charge in [-0.1, -0.05) is 72.9 Å². The fraction of sp³-hybridized carbons (Fsp3) is 0.612. The molecule has 318 valence electrons. The molecule has 10 atom stereocenters. The normalized spacial score (nSPS) is 38.4. The van der Waals surface area contributed by atoms with Crippen LogP contribution in [0.1, 0.15) is 89.7 Å². The summed E-state index contributed by atoms with van der Waals surface area (Å²) >= 11 is 0. The third-order valence-electron chi connectivity index (χ3n) is 15.5. The van der Waals surface area contributed by atoms with Crippen molar-refractivity contribution in [3.05, 3.63) is 106 Å². The minimum atomic E-state index is -1.25. The minimum Gasteiger partial charge on any atom is -0.396 e. The first-order valence-electron chi connectivity index (χ1n) is 21.6. The van der Waals surface area contributed by atoms with Gasteiger partial charge in [-0.2, -0.15) is 0 Å². The number of aliphatic hydroxyl groups is 5. The number of nitrogens with one attached hydrogen (secondary N) is 2. The SMILES string of the molecule is C=C(C=CC=C(CO)C12CCC34C(=C(C)C=O)C(C=CC3CCO)CC(O)(CCNC)C4(CC1)C2O)C1CC=C(C)C(O)NC(C)(CCOC)Cc2cccc(c2)C1. The van der Waals surface area contributed by atoms with Gasteiger partial charge in [0.2, 0.25) is 0 Å². The van der Waals surface area contributed by atoms with E-state index in [9.17, 15) is 30.3 Å². The Morgan fingerprint density at radius 1 is 1.10 bits per heavy atom. The summed E-state index contributed by atoms with van der Waals surface area (Å²) in [4.78, 5) is 12.6. The quantitative estimate of drug-likeness (QED) is 0.0535. The van der Waals surface area contributed by atoms with Crippen LogP contribution in [0.2, 0.25) is 0 Å². The molecule has 6 bridgehead atoms. The molecule has 0 aromatic heterocycles. The number of carbonyl (C=O) groups excluding carboxylic acids is 1. The lowest BCUT2D eigenvalue weighted by atomic mass is 9.34. The molecule has 9 heteroatoms.